The maximum Gasteiger partial charge on any atom is 0.137 e. The molecule has 2 aliphatic heterocycles. The number of hydrogen-bond donors (Lipinski definition) is 1. The molecule has 2 aromatic rings. The fraction of sp³-hybridized carbons (Fsp3) is 0.381. The quantitative estimate of drug-likeness (QED) is 0.849. The molecule has 0 atom stereocenters. The van der Waals surface area contributed by atoms with Gasteiger partial charge in [-0.25, -0.2) is 4.99 Å². The van der Waals surface area contributed by atoms with Gasteiger partial charge in [0.1, 0.15) is 5.84 Å². The van der Waals surface area contributed by atoms with E-state index in [1.807, 2.05) is 34.1 Å². The average Bonchev–Trinajstić information content (AvgIpc) is 2.98. The summed E-state index contributed by atoms with van der Waals surface area (Å²) in [6.07, 6.45) is 0. The predicted octanol–water partition coefficient (Wildman–Crippen LogP) is 2.86. The van der Waals surface area contributed by atoms with Crippen LogP contribution < -0.4 is 0 Å². The highest BCUT2D eigenvalue weighted by atomic mass is 32.2. The van der Waals surface area contributed by atoms with Crippen molar-refractivity contribution in [2.45, 2.75) is 9.79 Å². The van der Waals surface area contributed by atoms with Gasteiger partial charge in [0.05, 0.1) is 36.4 Å². The lowest BCUT2D eigenvalue weighted by molar-refractivity contribution is 0.0652. The van der Waals surface area contributed by atoms with Crippen LogP contribution in [0, 0.1) is 0 Å². The summed E-state index contributed by atoms with van der Waals surface area (Å²) in [7, 11) is 0. The minimum atomic E-state index is -3.11. The molecule has 27 heavy (non-hydrogen) atoms. The first-order valence-corrected chi connectivity index (χ1v) is 9.52. The number of nitrogens with zero attached hydrogens (tertiary/aromatic N) is 3. The molecule has 0 spiro atoms. The molecule has 4 rings (SSSR count). The molecule has 1 N–H and O–H groups in total. The van der Waals surface area contributed by atoms with Crippen molar-refractivity contribution in [3.8, 4) is 0 Å². The summed E-state index contributed by atoms with van der Waals surface area (Å²) in [5.74, 6) is 0.491. The van der Waals surface area contributed by atoms with Crippen molar-refractivity contribution in [2.24, 2.45) is 4.99 Å². The molecule has 0 amide bonds. The summed E-state index contributed by atoms with van der Waals surface area (Å²) >= 11 is 1.28. The number of rotatable bonds is 5. The Morgan fingerprint density at radius 3 is 2.81 bits per heavy atom. The largest absolute Gasteiger partial charge is 0.394 e. The third kappa shape index (κ3) is 4.35. The molecule has 2 aromatic carbocycles. The van der Waals surface area contributed by atoms with Gasteiger partial charge in [0.2, 0.25) is 0 Å². The van der Waals surface area contributed by atoms with Gasteiger partial charge in [-0.1, -0.05) is 42.0 Å². The number of benzene rings is 2. The van der Waals surface area contributed by atoms with Gasteiger partial charge >= 0.3 is 0 Å². The fourth-order valence-corrected chi connectivity index (χ4v) is 4.05. The van der Waals surface area contributed by atoms with E-state index in [-0.39, 0.29) is 30.8 Å². The lowest BCUT2D eigenvalue weighted by atomic mass is 10.1. The van der Waals surface area contributed by atoms with Crippen LogP contribution in [-0.4, -0.2) is 73.2 Å². The minimum absolute atomic E-state index is 0.0933. The van der Waals surface area contributed by atoms with Crippen LogP contribution in [0.25, 0.3) is 0 Å². The highest BCUT2D eigenvalue weighted by Gasteiger charge is 2.24. The molecule has 0 aromatic heterocycles. The first kappa shape index (κ1) is 11.2. The summed E-state index contributed by atoms with van der Waals surface area (Å²) in [6.45, 7) is -3.53. The van der Waals surface area contributed by atoms with E-state index in [2.05, 4.69) is 0 Å². The molecule has 5 nitrogen and oxygen atoms in total. The number of ether oxygens (including phenoxy) is 1. The van der Waals surface area contributed by atoms with Crippen molar-refractivity contribution in [2.75, 3.05) is 52.4 Å². The minimum Gasteiger partial charge on any atom is -0.394 e. The molecule has 1 fully saturated rings. The van der Waals surface area contributed by atoms with Crippen molar-refractivity contribution in [1.82, 2.24) is 9.80 Å². The Bertz CT molecular complexity index is 1150. The van der Waals surface area contributed by atoms with Crippen LogP contribution in [-0.2, 0) is 4.74 Å². The Hall–Kier alpha value is -1.86. The van der Waals surface area contributed by atoms with E-state index in [4.69, 9.17) is 20.7 Å². The van der Waals surface area contributed by atoms with Crippen LogP contribution in [0.2, 0.25) is 0 Å². The smallest absolute Gasteiger partial charge is 0.137 e. The molecule has 0 unspecified atom stereocenters. The van der Waals surface area contributed by atoms with Gasteiger partial charge in [0, 0.05) is 48.1 Å². The monoisotopic (exact) mass is 391 g/mol. The van der Waals surface area contributed by atoms with Gasteiger partial charge < -0.3 is 14.7 Å². The number of amidine groups is 1. The average molecular weight is 392 g/mol. The third-order valence-corrected chi connectivity index (χ3v) is 5.55. The van der Waals surface area contributed by atoms with Crippen LogP contribution in [0.4, 0.5) is 5.69 Å². The van der Waals surface area contributed by atoms with E-state index in [9.17, 15) is 5.11 Å². The Morgan fingerprint density at radius 2 is 1.96 bits per heavy atom. The zero-order valence-corrected chi connectivity index (χ0v) is 15.5. The summed E-state index contributed by atoms with van der Waals surface area (Å²) in [5, 5.41) is 9.26. The number of aliphatic imine (C=N–C) groups is 1. The van der Waals surface area contributed by atoms with Gasteiger partial charge in [0.15, 0.2) is 0 Å². The molecule has 2 aliphatic rings. The Kier molecular flexibility index (Phi) is 3.69. The van der Waals surface area contributed by atoms with Crippen LogP contribution in [0.15, 0.2) is 63.2 Å². The molecular weight excluding hydrogens is 358 g/mol. The van der Waals surface area contributed by atoms with Gasteiger partial charge in [-0.15, -0.1) is 0 Å². The standard InChI is InChI=1S/C21H25N3O2S/c25-14-16-26-15-13-23-9-11-24(12-10-23)21-17-5-1-3-7-19(17)27-20-8-4-2-6-18(20)22-21/h1-8,25H,9-16H2/i1D,3D,5D,7D,14D2,16D2. The van der Waals surface area contributed by atoms with Crippen molar-refractivity contribution < 1.29 is 20.8 Å². The highest BCUT2D eigenvalue weighted by Crippen LogP contribution is 2.40. The molecule has 0 radical (unpaired) electrons. The number of aliphatic hydroxyl groups is 1. The van der Waals surface area contributed by atoms with E-state index < -0.39 is 13.1 Å². The number of para-hydroxylation sites is 1. The first-order valence-electron chi connectivity index (χ1n) is 12.7. The van der Waals surface area contributed by atoms with E-state index in [0.717, 1.165) is 4.90 Å². The lowest BCUT2D eigenvalue weighted by Gasteiger charge is -2.36. The molecule has 6 heteroatoms. The maximum atomic E-state index is 9.26. The third-order valence-electron chi connectivity index (χ3n) is 4.48. The Morgan fingerprint density at radius 1 is 1.15 bits per heavy atom. The fourth-order valence-electron chi connectivity index (χ4n) is 3.12. The normalized spacial score (nSPS) is 22.4. The van der Waals surface area contributed by atoms with E-state index in [1.165, 1.54) is 11.8 Å². The van der Waals surface area contributed by atoms with Crippen LogP contribution in [0.1, 0.15) is 16.5 Å². The van der Waals surface area contributed by atoms with Crippen LogP contribution in [0.5, 0.6) is 0 Å². The number of piperazine rings is 1. The second-order valence-electron chi connectivity index (χ2n) is 6.10. The van der Waals surface area contributed by atoms with Crippen molar-refractivity contribution in [3.63, 3.8) is 0 Å². The molecule has 2 heterocycles. The maximum absolute atomic E-state index is 9.26. The summed E-state index contributed by atoms with van der Waals surface area (Å²) in [5.41, 5.74) is 1.07. The number of hydrogen-bond acceptors (Lipinski definition) is 6. The molecule has 0 bridgehead atoms. The summed E-state index contributed by atoms with van der Waals surface area (Å²) < 4.78 is 67.5. The van der Waals surface area contributed by atoms with Crippen molar-refractivity contribution >= 4 is 23.3 Å². The molecule has 0 aliphatic carbocycles. The Balaban J connectivity index is 1.55. The molecular formula is C21H25N3O2S. The first-order chi connectivity index (χ1) is 16.4. The van der Waals surface area contributed by atoms with Crippen LogP contribution in [0.3, 0.4) is 0 Å². The van der Waals surface area contributed by atoms with Gasteiger partial charge in [-0.3, -0.25) is 4.90 Å². The molecule has 0 saturated carbocycles. The number of fused-ring (bicyclic) bond motifs is 2. The van der Waals surface area contributed by atoms with Crippen molar-refractivity contribution in [1.29, 1.82) is 0 Å². The zero-order chi connectivity index (χ0) is 25.5. The van der Waals surface area contributed by atoms with Gasteiger partial charge in [-0.05, 0) is 18.2 Å². The highest BCUT2D eigenvalue weighted by molar-refractivity contribution is 7.99. The zero-order valence-electron chi connectivity index (χ0n) is 22.7. The van der Waals surface area contributed by atoms with Gasteiger partial charge in [-0.2, -0.15) is 0 Å². The topological polar surface area (TPSA) is 48.3 Å². The molecule has 142 valence electrons. The van der Waals surface area contributed by atoms with Crippen molar-refractivity contribution in [3.05, 3.63) is 54.0 Å². The SMILES string of the molecule is [2H]c1c([2H])c([2H])c2c(c1[2H])Sc1ccccc1N=C2N1CCN(CCOC([2H])([2H])C([2H])([2H])O)CC1. The second-order valence-corrected chi connectivity index (χ2v) is 7.15. The van der Waals surface area contributed by atoms with Gasteiger partial charge in [0.25, 0.3) is 0 Å². The van der Waals surface area contributed by atoms with E-state index >= 15 is 0 Å². The van der Waals surface area contributed by atoms with E-state index in [1.54, 1.807) is 0 Å². The Labute approximate surface area is 175 Å². The summed E-state index contributed by atoms with van der Waals surface area (Å²) in [4.78, 5) is 10.1. The predicted molar refractivity (Wildman–Crippen MR) is 109 cm³/mol. The lowest BCUT2D eigenvalue weighted by Crippen LogP contribution is -2.49. The van der Waals surface area contributed by atoms with Crippen LogP contribution >= 0.6 is 11.8 Å². The second kappa shape index (κ2) is 8.89. The summed E-state index contributed by atoms with van der Waals surface area (Å²) in [6, 6.07) is 6.65. The molecule has 1 saturated heterocycles. The van der Waals surface area contributed by atoms with E-state index in [0.29, 0.717) is 54.7 Å².